The summed E-state index contributed by atoms with van der Waals surface area (Å²) in [6, 6.07) is 3.66. The number of hydrogen-bond acceptors (Lipinski definition) is 3. The first kappa shape index (κ1) is 11.6. The van der Waals surface area contributed by atoms with E-state index in [1.54, 1.807) is 24.0 Å². The summed E-state index contributed by atoms with van der Waals surface area (Å²) in [6.07, 6.45) is 3.25. The third-order valence-corrected chi connectivity index (χ3v) is 3.56. The molecule has 1 N–H and O–H groups in total. The molecule has 0 atom stereocenters. The molecule has 1 aliphatic rings. The van der Waals surface area contributed by atoms with Crippen LogP contribution in [0.2, 0.25) is 4.34 Å². The van der Waals surface area contributed by atoms with Gasteiger partial charge in [0.1, 0.15) is 0 Å². The molecule has 0 bridgehead atoms. The molecule has 1 aromatic heterocycles. The van der Waals surface area contributed by atoms with Crippen LogP contribution in [0, 0.1) is 0 Å². The van der Waals surface area contributed by atoms with Gasteiger partial charge in [-0.1, -0.05) is 11.6 Å². The highest BCUT2D eigenvalue weighted by atomic mass is 35.5. The van der Waals surface area contributed by atoms with E-state index in [0.29, 0.717) is 17.4 Å². The molecular formula is C11H12ClNO2S. The monoisotopic (exact) mass is 257 g/mol. The van der Waals surface area contributed by atoms with Gasteiger partial charge in [-0.05, 0) is 25.1 Å². The van der Waals surface area contributed by atoms with Crippen molar-refractivity contribution in [1.82, 2.24) is 4.90 Å². The number of hydrogen-bond donors (Lipinski definition) is 1. The smallest absolute Gasteiger partial charge is 0.246 e. The molecule has 2 rings (SSSR count). The lowest BCUT2D eigenvalue weighted by atomic mass is 9.97. The number of likely N-dealkylation sites (tertiary alicyclic amines) is 1. The van der Waals surface area contributed by atoms with E-state index in [0.717, 1.165) is 4.88 Å². The maximum Gasteiger partial charge on any atom is 0.246 e. The van der Waals surface area contributed by atoms with Crippen LogP contribution in [0.15, 0.2) is 18.2 Å². The minimum Gasteiger partial charge on any atom is -0.386 e. The van der Waals surface area contributed by atoms with Gasteiger partial charge in [0.2, 0.25) is 5.91 Å². The van der Waals surface area contributed by atoms with E-state index in [9.17, 15) is 9.90 Å². The Morgan fingerprint density at radius 1 is 1.62 bits per heavy atom. The Balaban J connectivity index is 1.91. The van der Waals surface area contributed by atoms with E-state index in [2.05, 4.69) is 0 Å². The quantitative estimate of drug-likeness (QED) is 0.824. The van der Waals surface area contributed by atoms with Crippen LogP contribution in [0.3, 0.4) is 0 Å². The average molecular weight is 258 g/mol. The van der Waals surface area contributed by atoms with Gasteiger partial charge in [-0.15, -0.1) is 11.3 Å². The Bertz CT molecular complexity index is 431. The number of amides is 1. The van der Waals surface area contributed by atoms with Crippen molar-refractivity contribution in [3.63, 3.8) is 0 Å². The van der Waals surface area contributed by atoms with Gasteiger partial charge in [-0.2, -0.15) is 0 Å². The molecule has 0 aromatic carbocycles. The molecule has 5 heteroatoms. The van der Waals surface area contributed by atoms with Crippen LogP contribution in [0.25, 0.3) is 6.08 Å². The van der Waals surface area contributed by atoms with Crippen molar-refractivity contribution in [1.29, 1.82) is 0 Å². The SMILES string of the molecule is CC1(O)CN(C(=O)C=Cc2ccc(Cl)s2)C1. The number of β-amino-alcohol motifs (C(OH)–C–C–N with tert-alkyl or cyclic N) is 1. The first-order valence-corrected chi connectivity index (χ1v) is 6.10. The number of nitrogens with zero attached hydrogens (tertiary/aromatic N) is 1. The van der Waals surface area contributed by atoms with Crippen LogP contribution in [0.4, 0.5) is 0 Å². The second-order valence-corrected chi connectivity index (χ2v) is 5.91. The second-order valence-electron chi connectivity index (χ2n) is 4.17. The third kappa shape index (κ3) is 2.64. The minimum absolute atomic E-state index is 0.0731. The summed E-state index contributed by atoms with van der Waals surface area (Å²) in [4.78, 5) is 14.1. The molecule has 1 amide bonds. The van der Waals surface area contributed by atoms with Crippen LogP contribution in [0.5, 0.6) is 0 Å². The highest BCUT2D eigenvalue weighted by Crippen LogP contribution is 2.23. The van der Waals surface area contributed by atoms with Crippen molar-refractivity contribution < 1.29 is 9.90 Å². The van der Waals surface area contributed by atoms with Crippen molar-refractivity contribution in [3.05, 3.63) is 27.4 Å². The summed E-state index contributed by atoms with van der Waals surface area (Å²) in [5.41, 5.74) is -0.713. The summed E-state index contributed by atoms with van der Waals surface area (Å²) in [5, 5.41) is 9.49. The normalized spacial score (nSPS) is 18.8. The lowest BCUT2D eigenvalue weighted by Crippen LogP contribution is -2.61. The van der Waals surface area contributed by atoms with E-state index in [-0.39, 0.29) is 5.91 Å². The minimum atomic E-state index is -0.713. The van der Waals surface area contributed by atoms with Gasteiger partial charge in [0.15, 0.2) is 0 Å². The van der Waals surface area contributed by atoms with Crippen LogP contribution < -0.4 is 0 Å². The topological polar surface area (TPSA) is 40.5 Å². The molecule has 0 aliphatic carbocycles. The van der Waals surface area contributed by atoms with E-state index in [4.69, 9.17) is 11.6 Å². The lowest BCUT2D eigenvalue weighted by Gasteiger charge is -2.43. The number of aliphatic hydroxyl groups is 1. The Morgan fingerprint density at radius 2 is 2.31 bits per heavy atom. The van der Waals surface area contributed by atoms with Gasteiger partial charge < -0.3 is 10.0 Å². The summed E-state index contributed by atoms with van der Waals surface area (Å²) in [6.45, 7) is 2.53. The van der Waals surface area contributed by atoms with Crippen molar-refractivity contribution in [2.45, 2.75) is 12.5 Å². The molecule has 1 aliphatic heterocycles. The Labute approximate surface area is 103 Å². The fourth-order valence-corrected chi connectivity index (χ4v) is 2.57. The van der Waals surface area contributed by atoms with Crippen molar-refractivity contribution in [2.75, 3.05) is 13.1 Å². The molecule has 0 saturated carbocycles. The molecule has 3 nitrogen and oxygen atoms in total. The molecule has 86 valence electrons. The Hall–Kier alpha value is -0.840. The highest BCUT2D eigenvalue weighted by molar-refractivity contribution is 7.17. The molecular weight excluding hydrogens is 246 g/mol. The largest absolute Gasteiger partial charge is 0.386 e. The van der Waals surface area contributed by atoms with Gasteiger partial charge in [-0.25, -0.2) is 0 Å². The van der Waals surface area contributed by atoms with E-state index in [1.165, 1.54) is 17.4 Å². The van der Waals surface area contributed by atoms with E-state index >= 15 is 0 Å². The summed E-state index contributed by atoms with van der Waals surface area (Å²) < 4.78 is 0.707. The van der Waals surface area contributed by atoms with Gasteiger partial charge in [0.05, 0.1) is 23.0 Å². The Morgan fingerprint density at radius 3 is 2.81 bits per heavy atom. The number of carbonyl (C=O) groups excluding carboxylic acids is 1. The average Bonchev–Trinajstić information content (AvgIpc) is 2.57. The molecule has 0 radical (unpaired) electrons. The van der Waals surface area contributed by atoms with E-state index < -0.39 is 5.60 Å². The molecule has 1 fully saturated rings. The Kier molecular flexibility index (Phi) is 3.06. The maximum absolute atomic E-state index is 11.6. The second kappa shape index (κ2) is 4.20. The van der Waals surface area contributed by atoms with E-state index in [1.807, 2.05) is 6.07 Å². The number of carbonyl (C=O) groups is 1. The molecule has 1 aromatic rings. The lowest BCUT2D eigenvalue weighted by molar-refractivity contribution is -0.146. The zero-order valence-corrected chi connectivity index (χ0v) is 10.4. The molecule has 1 saturated heterocycles. The van der Waals surface area contributed by atoms with Gasteiger partial charge >= 0.3 is 0 Å². The summed E-state index contributed by atoms with van der Waals surface area (Å²) in [5.74, 6) is -0.0731. The van der Waals surface area contributed by atoms with Crippen molar-refractivity contribution in [3.8, 4) is 0 Å². The first-order chi connectivity index (χ1) is 7.46. The standard InChI is InChI=1S/C11H12ClNO2S/c1-11(15)6-13(7-11)10(14)5-3-8-2-4-9(12)16-8/h2-5,15H,6-7H2,1H3. The summed E-state index contributed by atoms with van der Waals surface area (Å²) >= 11 is 7.20. The first-order valence-electron chi connectivity index (χ1n) is 4.91. The molecule has 16 heavy (non-hydrogen) atoms. The zero-order valence-electron chi connectivity index (χ0n) is 8.81. The highest BCUT2D eigenvalue weighted by Gasteiger charge is 2.38. The maximum atomic E-state index is 11.6. The third-order valence-electron chi connectivity index (χ3n) is 2.36. The van der Waals surface area contributed by atoms with Crippen LogP contribution in [-0.2, 0) is 4.79 Å². The number of halogens is 1. The fourth-order valence-electron chi connectivity index (χ4n) is 1.61. The van der Waals surface area contributed by atoms with Crippen molar-refractivity contribution in [2.24, 2.45) is 0 Å². The van der Waals surface area contributed by atoms with Crippen LogP contribution in [0.1, 0.15) is 11.8 Å². The molecule has 0 unspecified atom stereocenters. The van der Waals surface area contributed by atoms with Crippen LogP contribution in [-0.4, -0.2) is 34.6 Å². The predicted octanol–water partition coefficient (Wildman–Crippen LogP) is 2.01. The van der Waals surface area contributed by atoms with Gasteiger partial charge in [0, 0.05) is 11.0 Å². The predicted molar refractivity (Wildman–Crippen MR) is 65.6 cm³/mol. The number of thiophene rings is 1. The summed E-state index contributed by atoms with van der Waals surface area (Å²) in [7, 11) is 0. The van der Waals surface area contributed by atoms with Crippen LogP contribution >= 0.6 is 22.9 Å². The van der Waals surface area contributed by atoms with Gasteiger partial charge in [-0.3, -0.25) is 4.79 Å². The van der Waals surface area contributed by atoms with Crippen molar-refractivity contribution >= 4 is 34.9 Å². The molecule has 2 heterocycles. The fraction of sp³-hybridized carbons (Fsp3) is 0.364. The van der Waals surface area contributed by atoms with Gasteiger partial charge in [0.25, 0.3) is 0 Å². The molecule has 0 spiro atoms. The number of rotatable bonds is 2. The zero-order chi connectivity index (χ0) is 11.8.